The smallest absolute Gasteiger partial charge is 0.410 e. The number of carbonyl (C=O) groups excluding carboxylic acids is 1. The van der Waals surface area contributed by atoms with Crippen molar-refractivity contribution >= 4 is 22.8 Å². The molecule has 1 aromatic rings. The quantitative estimate of drug-likeness (QED) is 0.847. The van der Waals surface area contributed by atoms with E-state index in [2.05, 4.69) is 21.3 Å². The average Bonchev–Trinajstić information content (AvgIpc) is 3.22. The second-order valence-electron chi connectivity index (χ2n) is 7.52. The molecule has 7 heteroatoms. The monoisotopic (exact) mass is 338 g/mol. The third-order valence-corrected chi connectivity index (χ3v) is 5.16. The third-order valence-electron chi connectivity index (χ3n) is 4.34. The highest BCUT2D eigenvalue weighted by molar-refractivity contribution is 7.09. The highest BCUT2D eigenvalue weighted by Crippen LogP contribution is 2.40. The van der Waals surface area contributed by atoms with Gasteiger partial charge in [0.25, 0.3) is 0 Å². The molecule has 0 spiro atoms. The molecule has 0 bridgehead atoms. The van der Waals surface area contributed by atoms with E-state index in [1.165, 1.54) is 24.4 Å². The Morgan fingerprint density at radius 3 is 2.48 bits per heavy atom. The van der Waals surface area contributed by atoms with Crippen molar-refractivity contribution in [1.82, 2.24) is 14.3 Å². The molecule has 128 valence electrons. The minimum Gasteiger partial charge on any atom is -0.444 e. The van der Waals surface area contributed by atoms with Crippen molar-refractivity contribution in [2.45, 2.75) is 64.0 Å². The lowest BCUT2D eigenvalue weighted by atomic mass is 10.0. The van der Waals surface area contributed by atoms with Crippen LogP contribution in [-0.4, -0.2) is 52.1 Å². The van der Waals surface area contributed by atoms with E-state index < -0.39 is 5.60 Å². The molecule has 2 fully saturated rings. The summed E-state index contributed by atoms with van der Waals surface area (Å²) in [6.45, 7) is 7.17. The first-order valence-corrected chi connectivity index (χ1v) is 9.15. The maximum atomic E-state index is 12.1. The predicted octanol–water partition coefficient (Wildman–Crippen LogP) is 3.25. The highest BCUT2D eigenvalue weighted by atomic mass is 32.1. The number of nitrogens with zero attached hydrogens (tertiary/aromatic N) is 4. The molecule has 6 nitrogen and oxygen atoms in total. The zero-order valence-corrected chi connectivity index (χ0v) is 15.2. The SMILES string of the molecule is CN(c1nc(C2CC2)ns1)C1CCN(C(=O)OC(C)(C)C)CC1. The molecular weight excluding hydrogens is 312 g/mol. The van der Waals surface area contributed by atoms with Crippen LogP contribution in [0.4, 0.5) is 9.93 Å². The standard InChI is InChI=1S/C16H26N4O2S/c1-16(2,3)22-15(21)20-9-7-12(8-10-20)19(4)14-17-13(18-23-14)11-5-6-11/h11-12H,5-10H2,1-4H3. The van der Waals surface area contributed by atoms with Gasteiger partial charge < -0.3 is 14.5 Å². The molecule has 1 saturated heterocycles. The summed E-state index contributed by atoms with van der Waals surface area (Å²) >= 11 is 1.49. The molecule has 1 aliphatic heterocycles. The summed E-state index contributed by atoms with van der Waals surface area (Å²) in [5.41, 5.74) is -0.434. The van der Waals surface area contributed by atoms with Crippen molar-refractivity contribution in [1.29, 1.82) is 0 Å². The zero-order chi connectivity index (χ0) is 16.6. The number of hydrogen-bond donors (Lipinski definition) is 0. The van der Waals surface area contributed by atoms with E-state index >= 15 is 0 Å². The molecule has 0 radical (unpaired) electrons. The van der Waals surface area contributed by atoms with Crippen LogP contribution in [-0.2, 0) is 4.74 Å². The molecule has 1 saturated carbocycles. The summed E-state index contributed by atoms with van der Waals surface area (Å²) in [5.74, 6) is 1.62. The van der Waals surface area contributed by atoms with Gasteiger partial charge in [-0.05, 0) is 46.5 Å². The fourth-order valence-corrected chi connectivity index (χ4v) is 3.57. The molecular formula is C16H26N4O2S. The number of anilines is 1. The largest absolute Gasteiger partial charge is 0.444 e. The molecule has 0 aromatic carbocycles. The van der Waals surface area contributed by atoms with Gasteiger partial charge in [0, 0.05) is 43.6 Å². The summed E-state index contributed by atoms with van der Waals surface area (Å²) in [4.78, 5) is 20.8. The van der Waals surface area contributed by atoms with E-state index in [1.807, 2.05) is 25.7 Å². The molecule has 1 aromatic heterocycles. The van der Waals surface area contributed by atoms with Crippen LogP contribution in [0.15, 0.2) is 0 Å². The van der Waals surface area contributed by atoms with Crippen LogP contribution < -0.4 is 4.90 Å². The van der Waals surface area contributed by atoms with Crippen LogP contribution >= 0.6 is 11.5 Å². The number of amides is 1. The Balaban J connectivity index is 1.52. The topological polar surface area (TPSA) is 58.6 Å². The first kappa shape index (κ1) is 16.5. The molecule has 0 unspecified atom stereocenters. The lowest BCUT2D eigenvalue weighted by molar-refractivity contribution is 0.0205. The minimum absolute atomic E-state index is 0.203. The van der Waals surface area contributed by atoms with Crippen LogP contribution in [0, 0.1) is 0 Å². The first-order chi connectivity index (χ1) is 10.8. The predicted molar refractivity (Wildman–Crippen MR) is 91.1 cm³/mol. The molecule has 1 aliphatic carbocycles. The van der Waals surface area contributed by atoms with Crippen molar-refractivity contribution < 1.29 is 9.53 Å². The van der Waals surface area contributed by atoms with Crippen molar-refractivity contribution in [3.8, 4) is 0 Å². The fraction of sp³-hybridized carbons (Fsp3) is 0.812. The van der Waals surface area contributed by atoms with Crippen molar-refractivity contribution in [2.75, 3.05) is 25.0 Å². The van der Waals surface area contributed by atoms with E-state index in [0.717, 1.165) is 36.9 Å². The zero-order valence-electron chi connectivity index (χ0n) is 14.4. The van der Waals surface area contributed by atoms with Crippen LogP contribution in [0.1, 0.15) is 58.2 Å². The van der Waals surface area contributed by atoms with Crippen LogP contribution in [0.25, 0.3) is 0 Å². The number of piperidine rings is 1. The van der Waals surface area contributed by atoms with Gasteiger partial charge in [-0.1, -0.05) is 0 Å². The maximum Gasteiger partial charge on any atom is 0.410 e. The van der Waals surface area contributed by atoms with Crippen LogP contribution in [0.2, 0.25) is 0 Å². The molecule has 2 heterocycles. The number of aromatic nitrogens is 2. The number of hydrogen-bond acceptors (Lipinski definition) is 6. The van der Waals surface area contributed by atoms with Gasteiger partial charge in [0.05, 0.1) is 0 Å². The van der Waals surface area contributed by atoms with Gasteiger partial charge in [-0.15, -0.1) is 0 Å². The van der Waals surface area contributed by atoms with Crippen molar-refractivity contribution in [3.63, 3.8) is 0 Å². The van der Waals surface area contributed by atoms with E-state index in [-0.39, 0.29) is 6.09 Å². The van der Waals surface area contributed by atoms with Gasteiger partial charge in [-0.25, -0.2) is 9.78 Å². The Kier molecular flexibility index (Phi) is 4.49. The Morgan fingerprint density at radius 1 is 1.26 bits per heavy atom. The summed E-state index contributed by atoms with van der Waals surface area (Å²) in [6, 6.07) is 0.411. The minimum atomic E-state index is -0.434. The van der Waals surface area contributed by atoms with Gasteiger partial charge in [0.2, 0.25) is 5.13 Å². The molecule has 2 aliphatic rings. The average molecular weight is 338 g/mol. The number of carbonyl (C=O) groups is 1. The van der Waals surface area contributed by atoms with E-state index in [0.29, 0.717) is 12.0 Å². The summed E-state index contributed by atoms with van der Waals surface area (Å²) in [7, 11) is 2.09. The van der Waals surface area contributed by atoms with Crippen LogP contribution in [0.3, 0.4) is 0 Å². The summed E-state index contributed by atoms with van der Waals surface area (Å²) < 4.78 is 9.93. The van der Waals surface area contributed by atoms with Crippen molar-refractivity contribution in [3.05, 3.63) is 5.82 Å². The fourth-order valence-electron chi connectivity index (χ4n) is 2.80. The first-order valence-electron chi connectivity index (χ1n) is 8.38. The van der Waals surface area contributed by atoms with Gasteiger partial charge in [0.15, 0.2) is 0 Å². The summed E-state index contributed by atoms with van der Waals surface area (Å²) in [5, 5.41) is 1.00. The number of likely N-dealkylation sites (tertiary alicyclic amines) is 1. The van der Waals surface area contributed by atoms with E-state index in [1.54, 1.807) is 0 Å². The Labute approximate surface area is 142 Å². The molecule has 1 amide bonds. The Bertz CT molecular complexity index is 557. The normalized spacial score (nSPS) is 19.7. The number of ether oxygens (including phenoxy) is 1. The molecule has 0 atom stereocenters. The lowest BCUT2D eigenvalue weighted by Crippen LogP contribution is -2.47. The highest BCUT2D eigenvalue weighted by Gasteiger charge is 2.31. The van der Waals surface area contributed by atoms with Crippen LogP contribution in [0.5, 0.6) is 0 Å². The third kappa shape index (κ3) is 4.13. The number of rotatable bonds is 3. The van der Waals surface area contributed by atoms with Crippen molar-refractivity contribution in [2.24, 2.45) is 0 Å². The molecule has 0 N–H and O–H groups in total. The Morgan fingerprint density at radius 2 is 1.91 bits per heavy atom. The van der Waals surface area contributed by atoms with E-state index in [9.17, 15) is 4.79 Å². The summed E-state index contributed by atoms with van der Waals surface area (Å²) in [6.07, 6.45) is 4.13. The second-order valence-corrected chi connectivity index (χ2v) is 8.25. The van der Waals surface area contributed by atoms with Gasteiger partial charge in [-0.2, -0.15) is 4.37 Å². The van der Waals surface area contributed by atoms with Gasteiger partial charge >= 0.3 is 6.09 Å². The molecule has 3 rings (SSSR count). The van der Waals surface area contributed by atoms with Gasteiger partial charge in [0.1, 0.15) is 11.4 Å². The lowest BCUT2D eigenvalue weighted by Gasteiger charge is -2.37. The Hall–Kier alpha value is -1.37. The maximum absolute atomic E-state index is 12.1. The van der Waals surface area contributed by atoms with Gasteiger partial charge in [-0.3, -0.25) is 0 Å². The molecule has 23 heavy (non-hydrogen) atoms. The van der Waals surface area contributed by atoms with E-state index in [4.69, 9.17) is 4.74 Å². The second kappa shape index (κ2) is 6.26.